The van der Waals surface area contributed by atoms with Crippen LogP contribution in [-0.4, -0.2) is 37.5 Å². The predicted octanol–water partition coefficient (Wildman–Crippen LogP) is 4.20. The average Bonchev–Trinajstić information content (AvgIpc) is 2.51. The summed E-state index contributed by atoms with van der Waals surface area (Å²) in [5.41, 5.74) is -2.52. The Kier molecular flexibility index (Phi) is 12.5. The average molecular weight is 398 g/mol. The number of hydrogen-bond donors (Lipinski definition) is 0. The molecule has 0 radical (unpaired) electrons. The number of carbonyl (C=O) groups is 2. The number of esters is 2. The van der Waals surface area contributed by atoms with Gasteiger partial charge < -0.3 is 18.5 Å². The summed E-state index contributed by atoms with van der Waals surface area (Å²) in [4.78, 5) is 23.9. The molecule has 9 heteroatoms. The minimum absolute atomic E-state index is 0.112. The Labute approximate surface area is 153 Å². The SMILES string of the molecule is CCCSP(=S)(OCC)OC(C)=C(CC(=O)OCC)C(=O)OCC. The molecule has 0 N–H and O–H groups in total. The highest BCUT2D eigenvalue weighted by molar-refractivity contribution is 8.67. The van der Waals surface area contributed by atoms with Gasteiger partial charge in [-0.2, -0.15) is 0 Å². The fraction of sp³-hybridized carbons (Fsp3) is 0.733. The third-order valence-corrected chi connectivity index (χ3v) is 8.07. The zero-order valence-electron chi connectivity index (χ0n) is 15.0. The molecule has 0 saturated heterocycles. The molecule has 1 atom stereocenters. The maximum absolute atomic E-state index is 12.1. The van der Waals surface area contributed by atoms with Gasteiger partial charge in [0.15, 0.2) is 0 Å². The Balaban J connectivity index is 5.43. The smallest absolute Gasteiger partial charge is 0.338 e. The van der Waals surface area contributed by atoms with Crippen LogP contribution in [0.1, 0.15) is 47.5 Å². The Morgan fingerprint density at radius 3 is 2.17 bits per heavy atom. The molecule has 0 aromatic rings. The van der Waals surface area contributed by atoms with Crippen LogP contribution in [-0.2, 0) is 39.9 Å². The first-order valence-electron chi connectivity index (χ1n) is 7.94. The molecule has 6 nitrogen and oxygen atoms in total. The second kappa shape index (κ2) is 12.8. The molecule has 0 aromatic heterocycles. The van der Waals surface area contributed by atoms with E-state index in [1.807, 2.05) is 13.8 Å². The van der Waals surface area contributed by atoms with Crippen molar-refractivity contribution in [3.8, 4) is 0 Å². The predicted molar refractivity (Wildman–Crippen MR) is 100 cm³/mol. The van der Waals surface area contributed by atoms with Crippen molar-refractivity contribution in [3.63, 3.8) is 0 Å². The lowest BCUT2D eigenvalue weighted by atomic mass is 10.1. The van der Waals surface area contributed by atoms with E-state index in [-0.39, 0.29) is 31.0 Å². The lowest BCUT2D eigenvalue weighted by Gasteiger charge is -2.23. The normalized spacial score (nSPS) is 14.4. The van der Waals surface area contributed by atoms with Gasteiger partial charge in [-0.25, -0.2) is 4.79 Å². The van der Waals surface area contributed by atoms with E-state index >= 15 is 0 Å². The van der Waals surface area contributed by atoms with Gasteiger partial charge in [0.1, 0.15) is 5.76 Å². The molecule has 0 amide bonds. The number of ether oxygens (including phenoxy) is 2. The van der Waals surface area contributed by atoms with E-state index in [0.29, 0.717) is 6.61 Å². The molecule has 0 heterocycles. The van der Waals surface area contributed by atoms with E-state index in [9.17, 15) is 9.59 Å². The van der Waals surface area contributed by atoms with Crippen LogP contribution >= 0.6 is 17.1 Å². The molecule has 0 aliphatic carbocycles. The molecule has 0 aromatic carbocycles. The maximum atomic E-state index is 12.1. The van der Waals surface area contributed by atoms with Crippen molar-refractivity contribution in [3.05, 3.63) is 11.3 Å². The van der Waals surface area contributed by atoms with Crippen molar-refractivity contribution in [2.45, 2.75) is 47.5 Å². The van der Waals surface area contributed by atoms with Crippen LogP contribution in [0.4, 0.5) is 0 Å². The summed E-state index contributed by atoms with van der Waals surface area (Å²) >= 11 is 6.93. The highest BCUT2D eigenvalue weighted by Crippen LogP contribution is 2.62. The van der Waals surface area contributed by atoms with E-state index in [1.165, 1.54) is 11.4 Å². The van der Waals surface area contributed by atoms with E-state index in [2.05, 4.69) is 0 Å². The van der Waals surface area contributed by atoms with Crippen molar-refractivity contribution < 1.29 is 28.1 Å². The number of hydrogen-bond acceptors (Lipinski definition) is 8. The molecule has 0 spiro atoms. The van der Waals surface area contributed by atoms with Crippen LogP contribution in [0.5, 0.6) is 0 Å². The van der Waals surface area contributed by atoms with Crippen molar-refractivity contribution in [2.75, 3.05) is 25.6 Å². The molecule has 0 aliphatic rings. The molecule has 0 aliphatic heterocycles. The molecule has 0 saturated carbocycles. The monoisotopic (exact) mass is 398 g/mol. The first-order chi connectivity index (χ1) is 11.3. The number of allylic oxidation sites excluding steroid dienone is 1. The Bertz CT molecular complexity index is 492. The minimum atomic E-state index is -2.63. The first-order valence-corrected chi connectivity index (χ1v) is 12.2. The summed E-state index contributed by atoms with van der Waals surface area (Å²) in [6.07, 6.45) is 0.703. The molecule has 1 unspecified atom stereocenters. The van der Waals surface area contributed by atoms with Crippen molar-refractivity contribution in [1.82, 2.24) is 0 Å². The van der Waals surface area contributed by atoms with Gasteiger partial charge in [-0.1, -0.05) is 18.3 Å². The van der Waals surface area contributed by atoms with Crippen LogP contribution < -0.4 is 0 Å². The Morgan fingerprint density at radius 1 is 1.04 bits per heavy atom. The largest absolute Gasteiger partial charge is 0.466 e. The van der Waals surface area contributed by atoms with Crippen LogP contribution in [0.3, 0.4) is 0 Å². The third-order valence-electron chi connectivity index (χ3n) is 2.56. The minimum Gasteiger partial charge on any atom is -0.466 e. The molecular formula is C15H27O6PS2. The standard InChI is InChI=1S/C15H27O6PS2/c1-6-10-24-22(23,20-9-4)21-12(5)13(15(17)19-8-3)11-14(16)18-7-2/h6-11H2,1-5H3. The molecular weight excluding hydrogens is 371 g/mol. The lowest BCUT2D eigenvalue weighted by Crippen LogP contribution is -2.16. The molecule has 0 fully saturated rings. The van der Waals surface area contributed by atoms with E-state index in [0.717, 1.165) is 12.2 Å². The summed E-state index contributed by atoms with van der Waals surface area (Å²) in [5.74, 6) is -0.0881. The molecule has 140 valence electrons. The number of rotatable bonds is 12. The maximum Gasteiger partial charge on any atom is 0.338 e. The quantitative estimate of drug-likeness (QED) is 0.210. The molecule has 0 rings (SSSR count). The van der Waals surface area contributed by atoms with Gasteiger partial charge >= 0.3 is 11.9 Å². The van der Waals surface area contributed by atoms with Gasteiger partial charge in [0, 0.05) is 5.75 Å². The van der Waals surface area contributed by atoms with E-state index < -0.39 is 17.6 Å². The molecule has 0 bridgehead atoms. The van der Waals surface area contributed by atoms with Gasteiger partial charge in [0.25, 0.3) is 5.69 Å². The van der Waals surface area contributed by atoms with Crippen LogP contribution in [0, 0.1) is 0 Å². The fourth-order valence-corrected chi connectivity index (χ4v) is 6.51. The Hall–Kier alpha value is -0.560. The van der Waals surface area contributed by atoms with Crippen molar-refractivity contribution >= 4 is 40.8 Å². The van der Waals surface area contributed by atoms with Gasteiger partial charge in [0.05, 0.1) is 31.8 Å². The van der Waals surface area contributed by atoms with Crippen LogP contribution in [0.2, 0.25) is 0 Å². The highest BCUT2D eigenvalue weighted by atomic mass is 32.9. The van der Waals surface area contributed by atoms with Crippen LogP contribution in [0.25, 0.3) is 0 Å². The van der Waals surface area contributed by atoms with Crippen molar-refractivity contribution in [1.29, 1.82) is 0 Å². The Morgan fingerprint density at radius 2 is 1.67 bits per heavy atom. The van der Waals surface area contributed by atoms with Gasteiger partial charge in [0.2, 0.25) is 0 Å². The second-order valence-electron chi connectivity index (χ2n) is 4.53. The van der Waals surface area contributed by atoms with Crippen molar-refractivity contribution in [2.24, 2.45) is 0 Å². The van der Waals surface area contributed by atoms with Gasteiger partial charge in [-0.3, -0.25) is 4.79 Å². The lowest BCUT2D eigenvalue weighted by molar-refractivity contribution is -0.146. The summed E-state index contributed by atoms with van der Waals surface area (Å²) in [6, 6.07) is 0. The zero-order chi connectivity index (χ0) is 18.6. The molecule has 24 heavy (non-hydrogen) atoms. The second-order valence-corrected chi connectivity index (χ2v) is 10.9. The summed E-state index contributed by atoms with van der Waals surface area (Å²) in [5, 5.41) is 0. The number of carbonyl (C=O) groups excluding carboxylic acids is 2. The zero-order valence-corrected chi connectivity index (χ0v) is 17.5. The fourth-order valence-electron chi connectivity index (χ4n) is 1.59. The van der Waals surface area contributed by atoms with Gasteiger partial charge in [-0.05, 0) is 45.9 Å². The van der Waals surface area contributed by atoms with Gasteiger partial charge in [-0.15, -0.1) is 0 Å². The summed E-state index contributed by atoms with van der Waals surface area (Å²) < 4.78 is 21.3. The van der Waals surface area contributed by atoms with Crippen LogP contribution in [0.15, 0.2) is 11.3 Å². The topological polar surface area (TPSA) is 71.1 Å². The third kappa shape index (κ3) is 9.06. The summed E-state index contributed by atoms with van der Waals surface area (Å²) in [6.45, 7) is 9.70. The van der Waals surface area contributed by atoms with E-state index in [1.54, 1.807) is 20.8 Å². The van der Waals surface area contributed by atoms with E-state index in [4.69, 9.17) is 30.3 Å². The highest BCUT2D eigenvalue weighted by Gasteiger charge is 2.26. The summed E-state index contributed by atoms with van der Waals surface area (Å²) in [7, 11) is 0. The first kappa shape index (κ1) is 23.4.